The number of nitrogens with one attached hydrogen (secondary N) is 1. The molecule has 1 N–H and O–H groups in total. The van der Waals surface area contributed by atoms with E-state index < -0.39 is 0 Å². The quantitative estimate of drug-likeness (QED) is 0.787. The lowest BCUT2D eigenvalue weighted by molar-refractivity contribution is 0.0321. The fraction of sp³-hybridized carbons (Fsp3) is 0.625. The van der Waals surface area contributed by atoms with E-state index in [-0.39, 0.29) is 0 Å². The minimum atomic E-state index is 0.670. The molecule has 0 unspecified atom stereocenters. The summed E-state index contributed by atoms with van der Waals surface area (Å²) >= 11 is 0. The number of morpholine rings is 1. The molecule has 0 bridgehead atoms. The molecule has 5 nitrogen and oxygen atoms in total. The first kappa shape index (κ1) is 16.1. The van der Waals surface area contributed by atoms with Gasteiger partial charge in [0.05, 0.1) is 20.3 Å². The van der Waals surface area contributed by atoms with E-state index >= 15 is 0 Å². The van der Waals surface area contributed by atoms with Gasteiger partial charge >= 0.3 is 0 Å². The van der Waals surface area contributed by atoms with E-state index in [0.717, 1.165) is 57.4 Å². The molecule has 0 aromatic heterocycles. The molecule has 0 amide bonds. The van der Waals surface area contributed by atoms with Crippen LogP contribution in [0.2, 0.25) is 0 Å². The summed E-state index contributed by atoms with van der Waals surface area (Å²) < 4.78 is 16.6. The Hall–Kier alpha value is -1.30. The third-order valence-corrected chi connectivity index (χ3v) is 3.58. The van der Waals surface area contributed by atoms with Crippen molar-refractivity contribution in [2.24, 2.45) is 0 Å². The third-order valence-electron chi connectivity index (χ3n) is 3.58. The van der Waals surface area contributed by atoms with Gasteiger partial charge in [0.15, 0.2) is 11.5 Å². The number of ether oxygens (including phenoxy) is 3. The summed E-state index contributed by atoms with van der Waals surface area (Å²) in [6, 6.07) is 6.10. The van der Waals surface area contributed by atoms with Crippen molar-refractivity contribution in [1.82, 2.24) is 10.2 Å². The van der Waals surface area contributed by atoms with E-state index in [1.807, 2.05) is 12.1 Å². The second kappa shape index (κ2) is 8.87. The van der Waals surface area contributed by atoms with E-state index in [0.29, 0.717) is 6.61 Å². The van der Waals surface area contributed by atoms with Crippen LogP contribution in [0.5, 0.6) is 11.5 Å². The van der Waals surface area contributed by atoms with Crippen molar-refractivity contribution >= 4 is 0 Å². The van der Waals surface area contributed by atoms with E-state index in [2.05, 4.69) is 23.2 Å². The van der Waals surface area contributed by atoms with Gasteiger partial charge in [0.1, 0.15) is 6.61 Å². The molecular weight excluding hydrogens is 268 g/mol. The zero-order valence-electron chi connectivity index (χ0n) is 13.1. The molecule has 1 aliphatic heterocycles. The number of methoxy groups -OCH3 is 1. The summed E-state index contributed by atoms with van der Waals surface area (Å²) in [6.07, 6.45) is 0. The Morgan fingerprint density at radius 3 is 2.76 bits per heavy atom. The summed E-state index contributed by atoms with van der Waals surface area (Å²) in [5, 5.41) is 3.31. The van der Waals surface area contributed by atoms with Gasteiger partial charge in [0.25, 0.3) is 0 Å². The van der Waals surface area contributed by atoms with Gasteiger partial charge < -0.3 is 19.5 Å². The maximum atomic E-state index is 5.86. The molecule has 0 atom stereocenters. The van der Waals surface area contributed by atoms with Crippen molar-refractivity contribution < 1.29 is 14.2 Å². The predicted octanol–water partition coefficient (Wildman–Crippen LogP) is 1.52. The highest BCUT2D eigenvalue weighted by Crippen LogP contribution is 2.28. The van der Waals surface area contributed by atoms with Crippen LogP contribution in [0.3, 0.4) is 0 Å². The fourth-order valence-electron chi connectivity index (χ4n) is 2.32. The second-order valence-corrected chi connectivity index (χ2v) is 5.07. The highest BCUT2D eigenvalue weighted by molar-refractivity contribution is 5.42. The SMILES string of the molecule is CCNCc1ccc(OCCN2CCOCC2)c(OC)c1. The van der Waals surface area contributed by atoms with Gasteiger partial charge in [-0.2, -0.15) is 0 Å². The van der Waals surface area contributed by atoms with Crippen LogP contribution in [0.15, 0.2) is 18.2 Å². The van der Waals surface area contributed by atoms with Crippen molar-refractivity contribution in [1.29, 1.82) is 0 Å². The van der Waals surface area contributed by atoms with Crippen LogP contribution < -0.4 is 14.8 Å². The number of benzene rings is 1. The van der Waals surface area contributed by atoms with Gasteiger partial charge in [-0.15, -0.1) is 0 Å². The van der Waals surface area contributed by atoms with Crippen LogP contribution in [0.4, 0.5) is 0 Å². The van der Waals surface area contributed by atoms with Gasteiger partial charge in [-0.3, -0.25) is 4.90 Å². The predicted molar refractivity (Wildman–Crippen MR) is 83.1 cm³/mol. The molecule has 118 valence electrons. The van der Waals surface area contributed by atoms with Crippen molar-refractivity contribution in [3.05, 3.63) is 23.8 Å². The minimum Gasteiger partial charge on any atom is -0.493 e. The normalized spacial score (nSPS) is 15.9. The Labute approximate surface area is 127 Å². The van der Waals surface area contributed by atoms with Crippen LogP contribution in [-0.2, 0) is 11.3 Å². The lowest BCUT2D eigenvalue weighted by atomic mass is 10.2. The van der Waals surface area contributed by atoms with Crippen LogP contribution in [0.1, 0.15) is 12.5 Å². The van der Waals surface area contributed by atoms with Crippen LogP contribution in [-0.4, -0.2) is 58.0 Å². The average Bonchev–Trinajstić information content (AvgIpc) is 2.54. The molecule has 1 heterocycles. The third kappa shape index (κ3) is 5.19. The largest absolute Gasteiger partial charge is 0.493 e. The number of hydrogen-bond donors (Lipinski definition) is 1. The molecule has 2 rings (SSSR count). The molecule has 1 aliphatic rings. The van der Waals surface area contributed by atoms with Crippen LogP contribution in [0, 0.1) is 0 Å². The number of rotatable bonds is 8. The summed E-state index contributed by atoms with van der Waals surface area (Å²) in [5.41, 5.74) is 1.20. The van der Waals surface area contributed by atoms with Gasteiger partial charge in [-0.1, -0.05) is 13.0 Å². The Balaban J connectivity index is 1.83. The van der Waals surface area contributed by atoms with Gasteiger partial charge in [0.2, 0.25) is 0 Å². The average molecular weight is 294 g/mol. The first-order chi connectivity index (χ1) is 10.3. The zero-order valence-corrected chi connectivity index (χ0v) is 13.1. The summed E-state index contributed by atoms with van der Waals surface area (Å²) in [7, 11) is 1.68. The second-order valence-electron chi connectivity index (χ2n) is 5.07. The molecule has 0 aliphatic carbocycles. The van der Waals surface area contributed by atoms with Crippen molar-refractivity contribution in [2.75, 3.05) is 53.1 Å². The van der Waals surface area contributed by atoms with Crippen molar-refractivity contribution in [3.8, 4) is 11.5 Å². The maximum absolute atomic E-state index is 5.86. The lowest BCUT2D eigenvalue weighted by Gasteiger charge is -2.26. The van der Waals surface area contributed by atoms with Crippen molar-refractivity contribution in [3.63, 3.8) is 0 Å². The van der Waals surface area contributed by atoms with E-state index in [4.69, 9.17) is 14.2 Å². The van der Waals surface area contributed by atoms with E-state index in [1.54, 1.807) is 7.11 Å². The fourth-order valence-corrected chi connectivity index (χ4v) is 2.32. The monoisotopic (exact) mass is 294 g/mol. The molecule has 21 heavy (non-hydrogen) atoms. The molecule has 1 fully saturated rings. The first-order valence-corrected chi connectivity index (χ1v) is 7.64. The highest BCUT2D eigenvalue weighted by Gasteiger charge is 2.11. The molecule has 0 saturated carbocycles. The van der Waals surface area contributed by atoms with Gasteiger partial charge in [-0.25, -0.2) is 0 Å². The number of hydrogen-bond acceptors (Lipinski definition) is 5. The molecular formula is C16H26N2O3. The minimum absolute atomic E-state index is 0.670. The molecule has 1 saturated heterocycles. The first-order valence-electron chi connectivity index (χ1n) is 7.64. The van der Waals surface area contributed by atoms with Gasteiger partial charge in [0, 0.05) is 26.2 Å². The van der Waals surface area contributed by atoms with Crippen LogP contribution in [0.25, 0.3) is 0 Å². The Morgan fingerprint density at radius 1 is 1.24 bits per heavy atom. The van der Waals surface area contributed by atoms with E-state index in [1.165, 1.54) is 5.56 Å². The standard InChI is InChI=1S/C16H26N2O3/c1-3-17-13-14-4-5-15(16(12-14)19-2)21-11-8-18-6-9-20-10-7-18/h4-5,12,17H,3,6-11,13H2,1-2H3. The molecule has 1 aromatic carbocycles. The Kier molecular flexibility index (Phi) is 6.79. The highest BCUT2D eigenvalue weighted by atomic mass is 16.5. The topological polar surface area (TPSA) is 43.0 Å². The zero-order chi connectivity index (χ0) is 14.9. The Bertz CT molecular complexity index is 420. The van der Waals surface area contributed by atoms with E-state index in [9.17, 15) is 0 Å². The Morgan fingerprint density at radius 2 is 2.05 bits per heavy atom. The van der Waals surface area contributed by atoms with Gasteiger partial charge in [-0.05, 0) is 24.2 Å². The molecule has 0 radical (unpaired) electrons. The maximum Gasteiger partial charge on any atom is 0.161 e. The molecule has 1 aromatic rings. The smallest absolute Gasteiger partial charge is 0.161 e. The summed E-state index contributed by atoms with van der Waals surface area (Å²) in [6.45, 7) is 9.12. The number of nitrogens with zero attached hydrogens (tertiary/aromatic N) is 1. The molecule has 5 heteroatoms. The summed E-state index contributed by atoms with van der Waals surface area (Å²) in [4.78, 5) is 2.36. The lowest BCUT2D eigenvalue weighted by Crippen LogP contribution is -2.38. The van der Waals surface area contributed by atoms with Crippen LogP contribution >= 0.6 is 0 Å². The molecule has 0 spiro atoms. The van der Waals surface area contributed by atoms with Crippen molar-refractivity contribution in [2.45, 2.75) is 13.5 Å². The summed E-state index contributed by atoms with van der Waals surface area (Å²) in [5.74, 6) is 1.61.